The Morgan fingerprint density at radius 1 is 1.05 bits per heavy atom. The molecular formula is C15H32N2O2. The molecule has 0 spiro atoms. The van der Waals surface area contributed by atoms with Crippen molar-refractivity contribution in [2.24, 2.45) is 0 Å². The highest BCUT2D eigenvalue weighted by Gasteiger charge is 2.11. The molecule has 0 aromatic heterocycles. The highest BCUT2D eigenvalue weighted by Crippen LogP contribution is 2.05. The van der Waals surface area contributed by atoms with Gasteiger partial charge in [0, 0.05) is 32.7 Å². The molecule has 0 aliphatic heterocycles. The zero-order valence-electron chi connectivity index (χ0n) is 12.8. The van der Waals surface area contributed by atoms with E-state index in [0.29, 0.717) is 19.4 Å². The lowest BCUT2D eigenvalue weighted by Crippen LogP contribution is -2.35. The van der Waals surface area contributed by atoms with Gasteiger partial charge in [-0.15, -0.1) is 0 Å². The standard InChI is InChI=1S/C15H32N2O2/c1-3-5-6-7-8-12-17(13-9-14-18)15(19)10-11-16-4-2/h16,18H,3-14H2,1-2H3. The van der Waals surface area contributed by atoms with Gasteiger partial charge in [-0.05, 0) is 19.4 Å². The van der Waals surface area contributed by atoms with Crippen molar-refractivity contribution in [2.75, 3.05) is 32.8 Å². The number of aliphatic hydroxyl groups is 1. The van der Waals surface area contributed by atoms with Crippen molar-refractivity contribution in [3.8, 4) is 0 Å². The molecule has 0 fully saturated rings. The number of hydrogen-bond acceptors (Lipinski definition) is 3. The van der Waals surface area contributed by atoms with Crippen LogP contribution in [0.1, 0.15) is 58.8 Å². The third kappa shape index (κ3) is 11.0. The van der Waals surface area contributed by atoms with Crippen LogP contribution < -0.4 is 5.32 Å². The Kier molecular flexibility index (Phi) is 13.4. The second-order valence-corrected chi connectivity index (χ2v) is 4.98. The first kappa shape index (κ1) is 18.4. The third-order valence-corrected chi connectivity index (χ3v) is 3.24. The lowest BCUT2D eigenvalue weighted by molar-refractivity contribution is -0.131. The van der Waals surface area contributed by atoms with Gasteiger partial charge in [-0.1, -0.05) is 39.5 Å². The van der Waals surface area contributed by atoms with Crippen LogP contribution in [-0.2, 0) is 4.79 Å². The van der Waals surface area contributed by atoms with Gasteiger partial charge >= 0.3 is 0 Å². The quantitative estimate of drug-likeness (QED) is 0.505. The molecule has 0 aliphatic carbocycles. The summed E-state index contributed by atoms with van der Waals surface area (Å²) >= 11 is 0. The Bertz CT molecular complexity index is 210. The first-order valence-corrected chi connectivity index (χ1v) is 7.85. The molecular weight excluding hydrogens is 240 g/mol. The number of unbranched alkanes of at least 4 members (excludes halogenated alkanes) is 4. The van der Waals surface area contributed by atoms with E-state index in [1.54, 1.807) is 0 Å². The van der Waals surface area contributed by atoms with Crippen molar-refractivity contribution in [1.29, 1.82) is 0 Å². The first-order valence-electron chi connectivity index (χ1n) is 7.85. The molecule has 4 nitrogen and oxygen atoms in total. The molecule has 0 aromatic carbocycles. The lowest BCUT2D eigenvalue weighted by Gasteiger charge is -2.22. The van der Waals surface area contributed by atoms with Gasteiger partial charge in [-0.25, -0.2) is 0 Å². The summed E-state index contributed by atoms with van der Waals surface area (Å²) in [6, 6.07) is 0. The number of nitrogens with one attached hydrogen (secondary N) is 1. The van der Waals surface area contributed by atoms with Crippen molar-refractivity contribution in [1.82, 2.24) is 10.2 Å². The van der Waals surface area contributed by atoms with Crippen molar-refractivity contribution in [2.45, 2.75) is 58.8 Å². The van der Waals surface area contributed by atoms with Crippen molar-refractivity contribution >= 4 is 5.91 Å². The molecule has 0 radical (unpaired) electrons. The maximum absolute atomic E-state index is 12.0. The fourth-order valence-corrected chi connectivity index (χ4v) is 2.06. The number of aliphatic hydroxyl groups excluding tert-OH is 1. The summed E-state index contributed by atoms with van der Waals surface area (Å²) in [5, 5.41) is 12.1. The molecule has 0 saturated heterocycles. The van der Waals surface area contributed by atoms with Crippen LogP contribution in [-0.4, -0.2) is 48.7 Å². The molecule has 0 atom stereocenters. The van der Waals surface area contributed by atoms with E-state index in [0.717, 1.165) is 26.1 Å². The van der Waals surface area contributed by atoms with Crippen LogP contribution in [0.15, 0.2) is 0 Å². The monoisotopic (exact) mass is 272 g/mol. The van der Waals surface area contributed by atoms with Gasteiger partial charge in [0.05, 0.1) is 0 Å². The van der Waals surface area contributed by atoms with Gasteiger partial charge in [0.2, 0.25) is 5.91 Å². The zero-order chi connectivity index (χ0) is 14.3. The maximum Gasteiger partial charge on any atom is 0.223 e. The van der Waals surface area contributed by atoms with Crippen molar-refractivity contribution in [3.63, 3.8) is 0 Å². The van der Waals surface area contributed by atoms with Gasteiger partial charge < -0.3 is 15.3 Å². The lowest BCUT2D eigenvalue weighted by atomic mass is 10.1. The van der Waals surface area contributed by atoms with Crippen LogP contribution in [0.5, 0.6) is 0 Å². The Balaban J connectivity index is 3.88. The van der Waals surface area contributed by atoms with Gasteiger partial charge in [0.15, 0.2) is 0 Å². The van der Waals surface area contributed by atoms with E-state index in [1.165, 1.54) is 25.7 Å². The average molecular weight is 272 g/mol. The highest BCUT2D eigenvalue weighted by molar-refractivity contribution is 5.76. The summed E-state index contributed by atoms with van der Waals surface area (Å²) in [6.45, 7) is 7.60. The third-order valence-electron chi connectivity index (χ3n) is 3.24. The van der Waals surface area contributed by atoms with Crippen LogP contribution in [0.25, 0.3) is 0 Å². The Morgan fingerprint density at radius 2 is 1.74 bits per heavy atom. The number of rotatable bonds is 13. The second kappa shape index (κ2) is 13.8. The average Bonchev–Trinajstić information content (AvgIpc) is 2.42. The fraction of sp³-hybridized carbons (Fsp3) is 0.933. The molecule has 0 aromatic rings. The van der Waals surface area contributed by atoms with Gasteiger partial charge in [0.1, 0.15) is 0 Å². The molecule has 0 unspecified atom stereocenters. The number of carbonyl (C=O) groups excluding carboxylic acids is 1. The van der Waals surface area contributed by atoms with Crippen molar-refractivity contribution < 1.29 is 9.90 Å². The van der Waals surface area contributed by atoms with E-state index in [4.69, 9.17) is 5.11 Å². The van der Waals surface area contributed by atoms with E-state index in [-0.39, 0.29) is 12.5 Å². The number of carbonyl (C=O) groups is 1. The van der Waals surface area contributed by atoms with Crippen LogP contribution in [0, 0.1) is 0 Å². The fourth-order valence-electron chi connectivity index (χ4n) is 2.06. The number of nitrogens with zero attached hydrogens (tertiary/aromatic N) is 1. The summed E-state index contributed by atoms with van der Waals surface area (Å²) < 4.78 is 0. The van der Waals surface area contributed by atoms with E-state index in [2.05, 4.69) is 12.2 Å². The van der Waals surface area contributed by atoms with E-state index in [9.17, 15) is 4.79 Å². The molecule has 1 amide bonds. The van der Waals surface area contributed by atoms with Crippen LogP contribution >= 0.6 is 0 Å². The summed E-state index contributed by atoms with van der Waals surface area (Å²) in [6.07, 6.45) is 7.31. The highest BCUT2D eigenvalue weighted by atomic mass is 16.3. The van der Waals surface area contributed by atoms with Crippen LogP contribution in [0.4, 0.5) is 0 Å². The predicted octanol–water partition coefficient (Wildman–Crippen LogP) is 2.17. The summed E-state index contributed by atoms with van der Waals surface area (Å²) in [5.41, 5.74) is 0. The molecule has 0 rings (SSSR count). The minimum atomic E-state index is 0.160. The molecule has 0 aliphatic rings. The van der Waals surface area contributed by atoms with E-state index < -0.39 is 0 Å². The largest absolute Gasteiger partial charge is 0.396 e. The van der Waals surface area contributed by atoms with E-state index in [1.807, 2.05) is 11.8 Å². The van der Waals surface area contributed by atoms with E-state index >= 15 is 0 Å². The Hall–Kier alpha value is -0.610. The van der Waals surface area contributed by atoms with Crippen molar-refractivity contribution in [3.05, 3.63) is 0 Å². The van der Waals surface area contributed by atoms with Gasteiger partial charge in [0.25, 0.3) is 0 Å². The predicted molar refractivity (Wildman–Crippen MR) is 80.2 cm³/mol. The topological polar surface area (TPSA) is 52.6 Å². The molecule has 0 heterocycles. The summed E-state index contributed by atoms with van der Waals surface area (Å²) in [7, 11) is 0. The van der Waals surface area contributed by atoms with Crippen LogP contribution in [0.3, 0.4) is 0 Å². The second-order valence-electron chi connectivity index (χ2n) is 4.98. The molecule has 0 saturated carbocycles. The molecule has 0 bridgehead atoms. The minimum absolute atomic E-state index is 0.160. The normalized spacial score (nSPS) is 10.7. The smallest absolute Gasteiger partial charge is 0.223 e. The van der Waals surface area contributed by atoms with Gasteiger partial charge in [-0.2, -0.15) is 0 Å². The zero-order valence-corrected chi connectivity index (χ0v) is 12.8. The molecule has 114 valence electrons. The Labute approximate surface area is 118 Å². The SMILES string of the molecule is CCCCCCCN(CCCO)C(=O)CCNCC. The molecule has 4 heteroatoms. The summed E-state index contributed by atoms with van der Waals surface area (Å²) in [5.74, 6) is 0.213. The minimum Gasteiger partial charge on any atom is -0.396 e. The van der Waals surface area contributed by atoms with Crippen LogP contribution in [0.2, 0.25) is 0 Å². The molecule has 2 N–H and O–H groups in total. The molecule has 19 heavy (non-hydrogen) atoms. The Morgan fingerprint density at radius 3 is 2.37 bits per heavy atom. The summed E-state index contributed by atoms with van der Waals surface area (Å²) in [4.78, 5) is 14.0. The van der Waals surface area contributed by atoms with Gasteiger partial charge in [-0.3, -0.25) is 4.79 Å². The maximum atomic E-state index is 12.0. The number of hydrogen-bond donors (Lipinski definition) is 2. The number of amides is 1. The first-order chi connectivity index (χ1) is 9.26.